The van der Waals surface area contributed by atoms with E-state index in [9.17, 15) is 4.79 Å². The van der Waals surface area contributed by atoms with Gasteiger partial charge in [-0.1, -0.05) is 12.2 Å². The fourth-order valence-corrected chi connectivity index (χ4v) is 2.13. The number of aromatic nitrogens is 2. The standard InChI is InChI=1S/C11H16N4O2S/c1-6-3-7(5-17-6)11(16)14-10-8(9(12)18)4-13-15(10)2/h4,6-7H,3,5H2,1-2H3,(H2,12,18)(H,14,16). The number of anilines is 1. The number of hydrogen-bond donors (Lipinski definition) is 2. The summed E-state index contributed by atoms with van der Waals surface area (Å²) in [4.78, 5) is 12.3. The highest BCUT2D eigenvalue weighted by molar-refractivity contribution is 7.80. The molecule has 1 saturated heterocycles. The summed E-state index contributed by atoms with van der Waals surface area (Å²) < 4.78 is 6.93. The van der Waals surface area contributed by atoms with Gasteiger partial charge in [0.1, 0.15) is 10.8 Å². The van der Waals surface area contributed by atoms with E-state index in [1.54, 1.807) is 17.9 Å². The van der Waals surface area contributed by atoms with Crippen LogP contribution in [-0.4, -0.2) is 33.4 Å². The molecule has 18 heavy (non-hydrogen) atoms. The van der Waals surface area contributed by atoms with E-state index in [0.717, 1.165) is 6.42 Å². The number of nitrogens with zero attached hydrogens (tertiary/aromatic N) is 2. The van der Waals surface area contributed by atoms with Crippen LogP contribution in [0.2, 0.25) is 0 Å². The van der Waals surface area contributed by atoms with Crippen LogP contribution in [0.5, 0.6) is 0 Å². The quantitative estimate of drug-likeness (QED) is 0.776. The topological polar surface area (TPSA) is 82.2 Å². The molecule has 0 spiro atoms. The van der Waals surface area contributed by atoms with Crippen molar-refractivity contribution in [1.29, 1.82) is 0 Å². The molecule has 7 heteroatoms. The zero-order valence-electron chi connectivity index (χ0n) is 10.3. The SMILES string of the molecule is CC1CC(C(=O)Nc2c(C(N)=S)cnn2C)CO1. The third-order valence-corrected chi connectivity index (χ3v) is 3.23. The number of ether oxygens (including phenoxy) is 1. The first-order valence-electron chi connectivity index (χ1n) is 5.73. The zero-order chi connectivity index (χ0) is 13.3. The summed E-state index contributed by atoms with van der Waals surface area (Å²) >= 11 is 4.92. The summed E-state index contributed by atoms with van der Waals surface area (Å²) in [6, 6.07) is 0. The monoisotopic (exact) mass is 268 g/mol. The summed E-state index contributed by atoms with van der Waals surface area (Å²) in [5.41, 5.74) is 6.16. The number of nitrogens with one attached hydrogen (secondary N) is 1. The van der Waals surface area contributed by atoms with Gasteiger partial charge in [0.15, 0.2) is 0 Å². The van der Waals surface area contributed by atoms with E-state index in [0.29, 0.717) is 18.0 Å². The molecule has 1 aliphatic rings. The van der Waals surface area contributed by atoms with E-state index in [4.69, 9.17) is 22.7 Å². The molecule has 2 unspecified atom stereocenters. The highest BCUT2D eigenvalue weighted by atomic mass is 32.1. The second-order valence-electron chi connectivity index (χ2n) is 4.46. The minimum atomic E-state index is -0.130. The van der Waals surface area contributed by atoms with Crippen molar-refractivity contribution in [2.45, 2.75) is 19.4 Å². The van der Waals surface area contributed by atoms with Crippen LogP contribution in [0.3, 0.4) is 0 Å². The Morgan fingerprint density at radius 3 is 3.00 bits per heavy atom. The lowest BCUT2D eigenvalue weighted by molar-refractivity contribution is -0.119. The van der Waals surface area contributed by atoms with Gasteiger partial charge in [0.2, 0.25) is 5.91 Å². The summed E-state index contributed by atoms with van der Waals surface area (Å²) in [5, 5.41) is 6.85. The van der Waals surface area contributed by atoms with Gasteiger partial charge >= 0.3 is 0 Å². The van der Waals surface area contributed by atoms with Crippen molar-refractivity contribution < 1.29 is 9.53 Å². The molecule has 98 valence electrons. The second kappa shape index (κ2) is 5.03. The number of thiocarbonyl (C=S) groups is 1. The molecule has 6 nitrogen and oxygen atoms in total. The van der Waals surface area contributed by atoms with Crippen molar-refractivity contribution in [1.82, 2.24) is 9.78 Å². The second-order valence-corrected chi connectivity index (χ2v) is 4.90. The molecule has 2 heterocycles. The van der Waals surface area contributed by atoms with Gasteiger partial charge in [-0.2, -0.15) is 5.10 Å². The predicted octanol–water partition coefficient (Wildman–Crippen LogP) is 0.418. The van der Waals surface area contributed by atoms with Crippen LogP contribution >= 0.6 is 12.2 Å². The average molecular weight is 268 g/mol. The van der Waals surface area contributed by atoms with Gasteiger partial charge in [0, 0.05) is 7.05 Å². The number of aryl methyl sites for hydroxylation is 1. The van der Waals surface area contributed by atoms with Crippen molar-refractivity contribution in [3.8, 4) is 0 Å². The van der Waals surface area contributed by atoms with Gasteiger partial charge in [-0.25, -0.2) is 0 Å². The highest BCUT2D eigenvalue weighted by Gasteiger charge is 2.29. The fourth-order valence-electron chi connectivity index (χ4n) is 1.98. The van der Waals surface area contributed by atoms with Crippen LogP contribution in [0.15, 0.2) is 6.20 Å². The number of hydrogen-bond acceptors (Lipinski definition) is 4. The van der Waals surface area contributed by atoms with Crippen LogP contribution in [0.1, 0.15) is 18.9 Å². The lowest BCUT2D eigenvalue weighted by Crippen LogP contribution is -2.26. The minimum Gasteiger partial charge on any atom is -0.389 e. The van der Waals surface area contributed by atoms with Crippen molar-refractivity contribution >= 4 is 28.9 Å². The Labute approximate surface area is 110 Å². The molecule has 1 fully saturated rings. The summed E-state index contributed by atoms with van der Waals surface area (Å²) in [5.74, 6) is 0.321. The number of nitrogens with two attached hydrogens (primary N) is 1. The molecule has 1 aromatic rings. The van der Waals surface area contributed by atoms with E-state index in [2.05, 4.69) is 10.4 Å². The largest absolute Gasteiger partial charge is 0.389 e. The maximum absolute atomic E-state index is 12.1. The number of carbonyl (C=O) groups excluding carboxylic acids is 1. The Bertz CT molecular complexity index is 485. The van der Waals surface area contributed by atoms with E-state index in [-0.39, 0.29) is 22.9 Å². The molecule has 0 radical (unpaired) electrons. The molecule has 0 aliphatic carbocycles. The van der Waals surface area contributed by atoms with Gasteiger partial charge in [-0.3, -0.25) is 9.48 Å². The Hall–Kier alpha value is -1.47. The van der Waals surface area contributed by atoms with Crippen LogP contribution in [0.4, 0.5) is 5.82 Å². The van der Waals surface area contributed by atoms with E-state index in [1.165, 1.54) is 0 Å². The van der Waals surface area contributed by atoms with Gasteiger partial charge in [-0.15, -0.1) is 0 Å². The molecule has 0 aromatic carbocycles. The lowest BCUT2D eigenvalue weighted by Gasteiger charge is -2.11. The fraction of sp³-hybridized carbons (Fsp3) is 0.545. The smallest absolute Gasteiger partial charge is 0.231 e. The Kier molecular flexibility index (Phi) is 3.63. The Balaban J connectivity index is 2.12. The molecular formula is C11H16N4O2S. The van der Waals surface area contributed by atoms with E-state index in [1.807, 2.05) is 6.92 Å². The highest BCUT2D eigenvalue weighted by Crippen LogP contribution is 2.22. The molecule has 1 aromatic heterocycles. The number of carbonyl (C=O) groups is 1. The van der Waals surface area contributed by atoms with Crippen molar-refractivity contribution in [2.24, 2.45) is 18.7 Å². The zero-order valence-corrected chi connectivity index (χ0v) is 11.2. The number of amides is 1. The van der Waals surface area contributed by atoms with Crippen molar-refractivity contribution in [3.05, 3.63) is 11.8 Å². The van der Waals surface area contributed by atoms with Crippen molar-refractivity contribution in [3.63, 3.8) is 0 Å². The normalized spacial score (nSPS) is 23.0. The van der Waals surface area contributed by atoms with Gasteiger partial charge in [0.05, 0.1) is 30.4 Å². The summed E-state index contributed by atoms with van der Waals surface area (Å²) in [6.45, 7) is 2.41. The maximum Gasteiger partial charge on any atom is 0.231 e. The predicted molar refractivity (Wildman–Crippen MR) is 71.2 cm³/mol. The van der Waals surface area contributed by atoms with Crippen molar-refractivity contribution in [2.75, 3.05) is 11.9 Å². The Morgan fingerprint density at radius 1 is 1.72 bits per heavy atom. The molecule has 3 N–H and O–H groups in total. The van der Waals surface area contributed by atoms with Crippen LogP contribution in [0.25, 0.3) is 0 Å². The van der Waals surface area contributed by atoms with Crippen LogP contribution < -0.4 is 11.1 Å². The number of rotatable bonds is 3. The third-order valence-electron chi connectivity index (χ3n) is 3.01. The molecule has 2 rings (SSSR count). The molecule has 1 amide bonds. The van der Waals surface area contributed by atoms with E-state index < -0.39 is 0 Å². The first-order valence-corrected chi connectivity index (χ1v) is 6.14. The first-order chi connectivity index (χ1) is 8.49. The minimum absolute atomic E-state index is 0.0829. The third kappa shape index (κ3) is 2.51. The molecule has 0 saturated carbocycles. The average Bonchev–Trinajstić information content (AvgIpc) is 2.87. The Morgan fingerprint density at radius 2 is 2.44 bits per heavy atom. The van der Waals surface area contributed by atoms with Gasteiger partial charge < -0.3 is 15.8 Å². The molecule has 0 bridgehead atoms. The van der Waals surface area contributed by atoms with Gasteiger partial charge in [0.25, 0.3) is 0 Å². The summed E-state index contributed by atoms with van der Waals surface area (Å²) in [7, 11) is 1.73. The van der Waals surface area contributed by atoms with E-state index >= 15 is 0 Å². The lowest BCUT2D eigenvalue weighted by atomic mass is 10.1. The first kappa shape index (κ1) is 13.0. The molecule has 2 atom stereocenters. The van der Waals surface area contributed by atoms with Gasteiger partial charge in [-0.05, 0) is 13.3 Å². The molecule has 1 aliphatic heterocycles. The van der Waals surface area contributed by atoms with Crippen LogP contribution in [-0.2, 0) is 16.6 Å². The molecular weight excluding hydrogens is 252 g/mol. The van der Waals surface area contributed by atoms with Crippen LogP contribution in [0, 0.1) is 5.92 Å². The summed E-state index contributed by atoms with van der Waals surface area (Å²) in [6.07, 6.45) is 2.40. The maximum atomic E-state index is 12.1.